The zero-order chi connectivity index (χ0) is 11.7. The second-order valence-electron chi connectivity index (χ2n) is 4.41. The minimum Gasteiger partial charge on any atom is -0.480 e. The maximum absolute atomic E-state index is 11.0. The van der Waals surface area contributed by atoms with Crippen molar-refractivity contribution in [3.8, 4) is 0 Å². The van der Waals surface area contributed by atoms with Crippen LogP contribution >= 0.6 is 0 Å². The van der Waals surface area contributed by atoms with Crippen LogP contribution in [-0.2, 0) is 4.79 Å². The van der Waals surface area contributed by atoms with E-state index in [4.69, 9.17) is 10.2 Å². The number of amides is 1. The summed E-state index contributed by atoms with van der Waals surface area (Å²) in [6.45, 7) is 0.261. The first kappa shape index (κ1) is 11.0. The lowest BCUT2D eigenvalue weighted by atomic mass is 9.79. The number of aliphatic carboxylic acids is 1. The van der Waals surface area contributed by atoms with Crippen LogP contribution in [0.25, 0.3) is 0 Å². The van der Waals surface area contributed by atoms with E-state index in [1.165, 1.54) is 0 Å². The highest BCUT2D eigenvalue weighted by molar-refractivity contribution is 5.80. The number of fused-ring (bicyclic) bond motifs is 1. The number of nitrogens with zero attached hydrogens (tertiary/aromatic N) is 1. The molecule has 1 fully saturated rings. The Balaban J connectivity index is 2.21. The monoisotopic (exact) mass is 225 g/mol. The first-order valence-corrected chi connectivity index (χ1v) is 5.51. The first-order chi connectivity index (χ1) is 7.59. The molecule has 88 valence electrons. The lowest BCUT2D eigenvalue weighted by Gasteiger charge is -2.38. The molecule has 2 rings (SSSR count). The maximum Gasteiger partial charge on any atom is 0.408 e. The maximum atomic E-state index is 11.0. The van der Waals surface area contributed by atoms with E-state index in [0.717, 1.165) is 29.7 Å². The SMILES string of the molecule is O=C(O)[C@H]1CC2CCCC=C2CN1C(=O)O. The summed E-state index contributed by atoms with van der Waals surface area (Å²) in [5, 5.41) is 18.0. The zero-order valence-corrected chi connectivity index (χ0v) is 8.93. The highest BCUT2D eigenvalue weighted by atomic mass is 16.4. The molecule has 0 aromatic rings. The molecule has 1 heterocycles. The van der Waals surface area contributed by atoms with Crippen molar-refractivity contribution < 1.29 is 19.8 Å². The first-order valence-electron chi connectivity index (χ1n) is 5.51. The fourth-order valence-corrected chi connectivity index (χ4v) is 2.61. The molecular weight excluding hydrogens is 210 g/mol. The highest BCUT2D eigenvalue weighted by Crippen LogP contribution is 2.34. The normalized spacial score (nSPS) is 29.2. The Morgan fingerprint density at radius 1 is 1.38 bits per heavy atom. The van der Waals surface area contributed by atoms with Gasteiger partial charge >= 0.3 is 12.1 Å². The Labute approximate surface area is 93.4 Å². The quantitative estimate of drug-likeness (QED) is 0.664. The van der Waals surface area contributed by atoms with Gasteiger partial charge in [-0.15, -0.1) is 0 Å². The van der Waals surface area contributed by atoms with Gasteiger partial charge in [-0.2, -0.15) is 0 Å². The summed E-state index contributed by atoms with van der Waals surface area (Å²) in [4.78, 5) is 23.0. The molecule has 0 saturated carbocycles. The van der Waals surface area contributed by atoms with E-state index in [0.29, 0.717) is 6.42 Å². The number of rotatable bonds is 1. The molecular formula is C11H15NO4. The van der Waals surface area contributed by atoms with E-state index >= 15 is 0 Å². The van der Waals surface area contributed by atoms with E-state index in [-0.39, 0.29) is 12.5 Å². The van der Waals surface area contributed by atoms with Gasteiger partial charge in [-0.05, 0) is 31.6 Å². The minimum absolute atomic E-state index is 0.261. The van der Waals surface area contributed by atoms with Crippen molar-refractivity contribution in [1.82, 2.24) is 4.90 Å². The Morgan fingerprint density at radius 2 is 2.12 bits per heavy atom. The average molecular weight is 225 g/mol. The van der Waals surface area contributed by atoms with Crippen molar-refractivity contribution in [3.05, 3.63) is 11.6 Å². The van der Waals surface area contributed by atoms with Crippen molar-refractivity contribution in [2.45, 2.75) is 31.7 Å². The lowest BCUT2D eigenvalue weighted by Crippen LogP contribution is -2.50. The summed E-state index contributed by atoms with van der Waals surface area (Å²) < 4.78 is 0. The van der Waals surface area contributed by atoms with Crippen LogP contribution in [0, 0.1) is 5.92 Å². The Kier molecular flexibility index (Phi) is 2.85. The average Bonchev–Trinajstić information content (AvgIpc) is 2.27. The summed E-state index contributed by atoms with van der Waals surface area (Å²) in [7, 11) is 0. The summed E-state index contributed by atoms with van der Waals surface area (Å²) in [5.74, 6) is -0.766. The molecule has 1 aliphatic carbocycles. The van der Waals surface area contributed by atoms with Gasteiger partial charge in [0.2, 0.25) is 0 Å². The molecule has 2 aliphatic rings. The zero-order valence-electron chi connectivity index (χ0n) is 8.93. The molecule has 5 nitrogen and oxygen atoms in total. The summed E-state index contributed by atoms with van der Waals surface area (Å²) in [6.07, 6.45) is 4.40. The van der Waals surface area contributed by atoms with Crippen LogP contribution in [0.5, 0.6) is 0 Å². The van der Waals surface area contributed by atoms with Crippen molar-refractivity contribution >= 4 is 12.1 Å². The molecule has 1 aliphatic heterocycles. The van der Waals surface area contributed by atoms with Gasteiger partial charge in [0.1, 0.15) is 6.04 Å². The summed E-state index contributed by atoms with van der Waals surface area (Å²) in [6, 6.07) is -0.877. The van der Waals surface area contributed by atoms with E-state index in [1.54, 1.807) is 0 Å². The smallest absolute Gasteiger partial charge is 0.408 e. The lowest BCUT2D eigenvalue weighted by molar-refractivity contribution is -0.143. The van der Waals surface area contributed by atoms with Crippen molar-refractivity contribution in [2.75, 3.05) is 6.54 Å². The van der Waals surface area contributed by atoms with E-state index < -0.39 is 18.1 Å². The number of piperidine rings is 1. The molecule has 1 unspecified atom stereocenters. The van der Waals surface area contributed by atoms with E-state index in [9.17, 15) is 9.59 Å². The number of hydrogen-bond acceptors (Lipinski definition) is 2. The molecule has 16 heavy (non-hydrogen) atoms. The van der Waals surface area contributed by atoms with Gasteiger partial charge in [0.25, 0.3) is 0 Å². The number of hydrogen-bond donors (Lipinski definition) is 2. The molecule has 2 N–H and O–H groups in total. The molecule has 1 saturated heterocycles. The third-order valence-electron chi connectivity index (χ3n) is 3.46. The predicted molar refractivity (Wildman–Crippen MR) is 56.2 cm³/mol. The fraction of sp³-hybridized carbons (Fsp3) is 0.636. The Hall–Kier alpha value is -1.52. The number of allylic oxidation sites excluding steroid dienone is 1. The molecule has 0 spiro atoms. The van der Waals surface area contributed by atoms with Crippen LogP contribution < -0.4 is 0 Å². The third kappa shape index (κ3) is 1.89. The van der Waals surface area contributed by atoms with Gasteiger partial charge in [-0.3, -0.25) is 4.90 Å². The van der Waals surface area contributed by atoms with Crippen LogP contribution in [0.3, 0.4) is 0 Å². The number of carbonyl (C=O) groups is 2. The molecule has 0 radical (unpaired) electrons. The van der Waals surface area contributed by atoms with Crippen molar-refractivity contribution in [1.29, 1.82) is 0 Å². The third-order valence-corrected chi connectivity index (χ3v) is 3.46. The van der Waals surface area contributed by atoms with Gasteiger partial charge in [-0.1, -0.05) is 11.6 Å². The second kappa shape index (κ2) is 4.15. The second-order valence-corrected chi connectivity index (χ2v) is 4.41. The number of carboxylic acids is 1. The van der Waals surface area contributed by atoms with Gasteiger partial charge in [0.15, 0.2) is 0 Å². The highest BCUT2D eigenvalue weighted by Gasteiger charge is 2.38. The van der Waals surface area contributed by atoms with Crippen molar-refractivity contribution in [3.63, 3.8) is 0 Å². The number of carboxylic acid groups (broad SMARTS) is 2. The van der Waals surface area contributed by atoms with Crippen LogP contribution in [0.2, 0.25) is 0 Å². The van der Waals surface area contributed by atoms with Crippen LogP contribution in [0.15, 0.2) is 11.6 Å². The predicted octanol–water partition coefficient (Wildman–Crippen LogP) is 1.55. The van der Waals surface area contributed by atoms with E-state index in [2.05, 4.69) is 6.08 Å². The van der Waals surface area contributed by atoms with E-state index in [1.807, 2.05) is 0 Å². The van der Waals surface area contributed by atoms with Gasteiger partial charge in [0, 0.05) is 6.54 Å². The molecule has 5 heteroatoms. The molecule has 2 atom stereocenters. The minimum atomic E-state index is -1.14. The summed E-state index contributed by atoms with van der Waals surface area (Å²) in [5.41, 5.74) is 1.10. The van der Waals surface area contributed by atoms with Crippen LogP contribution in [-0.4, -0.2) is 39.8 Å². The largest absolute Gasteiger partial charge is 0.480 e. The topological polar surface area (TPSA) is 77.8 Å². The van der Waals surface area contributed by atoms with Crippen LogP contribution in [0.1, 0.15) is 25.7 Å². The van der Waals surface area contributed by atoms with Gasteiger partial charge in [0.05, 0.1) is 0 Å². The van der Waals surface area contributed by atoms with Gasteiger partial charge < -0.3 is 10.2 Å². The molecule has 0 bridgehead atoms. The molecule has 1 amide bonds. The Morgan fingerprint density at radius 3 is 2.75 bits per heavy atom. The van der Waals surface area contributed by atoms with Crippen LogP contribution in [0.4, 0.5) is 4.79 Å². The molecule has 0 aromatic carbocycles. The standard InChI is InChI=1S/C11H15NO4/c13-10(14)9-5-7-3-1-2-4-8(7)6-12(9)11(15)16/h4,7,9H,1-3,5-6H2,(H,13,14)(H,15,16)/t7?,9-/m1/s1. The summed E-state index contributed by atoms with van der Waals surface area (Å²) >= 11 is 0. The fourth-order valence-electron chi connectivity index (χ4n) is 2.61. The number of likely N-dealkylation sites (tertiary alicyclic amines) is 1. The van der Waals surface area contributed by atoms with Crippen molar-refractivity contribution in [2.24, 2.45) is 5.92 Å². The Bertz CT molecular complexity index is 350. The molecule has 0 aromatic heterocycles. The van der Waals surface area contributed by atoms with Gasteiger partial charge in [-0.25, -0.2) is 9.59 Å².